The van der Waals surface area contributed by atoms with Crippen LogP contribution in [0.25, 0.3) is 21.8 Å². The molecule has 3 rings (SSSR count). The van der Waals surface area contributed by atoms with Gasteiger partial charge in [0.2, 0.25) is 0 Å². The number of methoxy groups -OCH3 is 1. The molecule has 0 unspecified atom stereocenters. The Hall–Kier alpha value is -2.53. The van der Waals surface area contributed by atoms with Crippen LogP contribution >= 0.6 is 0 Å². The summed E-state index contributed by atoms with van der Waals surface area (Å²) in [4.78, 5) is 12.5. The molecule has 0 aliphatic heterocycles. The van der Waals surface area contributed by atoms with Crippen LogP contribution in [0.2, 0.25) is 0 Å². The van der Waals surface area contributed by atoms with Gasteiger partial charge < -0.3 is 20.1 Å². The fraction of sp³-hybridized carbons (Fsp3) is 0.316. The molecular formula is C19H24N2O3. The lowest BCUT2D eigenvalue weighted by molar-refractivity contribution is -0.134. The highest BCUT2D eigenvalue weighted by Crippen LogP contribution is 2.31. The van der Waals surface area contributed by atoms with E-state index in [-0.39, 0.29) is 0 Å². The number of aromatic nitrogens is 1. The molecule has 0 aliphatic carbocycles. The number of nitrogens with one attached hydrogen (secondary N) is 2. The van der Waals surface area contributed by atoms with Crippen molar-refractivity contribution in [2.75, 3.05) is 20.7 Å². The second-order valence-corrected chi connectivity index (χ2v) is 5.68. The van der Waals surface area contributed by atoms with Gasteiger partial charge in [0.05, 0.1) is 7.11 Å². The van der Waals surface area contributed by atoms with Crippen molar-refractivity contribution in [1.29, 1.82) is 0 Å². The lowest BCUT2D eigenvalue weighted by atomic mass is 10.0. The second-order valence-electron chi connectivity index (χ2n) is 5.68. The van der Waals surface area contributed by atoms with E-state index in [9.17, 15) is 0 Å². The molecule has 2 aromatic carbocycles. The maximum atomic E-state index is 9.00. The van der Waals surface area contributed by atoms with Crippen LogP contribution in [0, 0.1) is 6.92 Å². The van der Waals surface area contributed by atoms with Crippen molar-refractivity contribution in [3.63, 3.8) is 0 Å². The monoisotopic (exact) mass is 328 g/mol. The standard InChI is InChI=1S/C17H20N2O.C2H4O2/c1-11-12(8-9-18-2)4-6-14-15-10-13(20-3)5-7-16(15)19-17(11)14;1-2(3)4/h4-7,10,18-19H,8-9H2,1-3H3;1H3,(H,3,4). The molecule has 5 heteroatoms. The summed E-state index contributed by atoms with van der Waals surface area (Å²) in [6.07, 6.45) is 1.05. The summed E-state index contributed by atoms with van der Waals surface area (Å²) in [5.41, 5.74) is 5.13. The van der Waals surface area contributed by atoms with Crippen molar-refractivity contribution in [1.82, 2.24) is 10.3 Å². The number of hydrogen-bond acceptors (Lipinski definition) is 3. The number of hydrogen-bond donors (Lipinski definition) is 3. The summed E-state index contributed by atoms with van der Waals surface area (Å²) in [6.45, 7) is 4.28. The summed E-state index contributed by atoms with van der Waals surface area (Å²) in [5.74, 6) is 0.0651. The van der Waals surface area contributed by atoms with Crippen molar-refractivity contribution < 1.29 is 14.6 Å². The predicted octanol–water partition coefficient (Wildman–Crippen LogP) is 3.49. The summed E-state index contributed by atoms with van der Waals surface area (Å²) in [5, 5.41) is 13.1. The maximum absolute atomic E-state index is 9.00. The molecule has 3 aromatic rings. The molecule has 5 nitrogen and oxygen atoms in total. The molecule has 0 spiro atoms. The summed E-state index contributed by atoms with van der Waals surface area (Å²) < 4.78 is 5.33. The SMILES string of the molecule is CC(=O)O.CNCCc1ccc2c([nH]c3ccc(OC)cc32)c1C. The maximum Gasteiger partial charge on any atom is 0.300 e. The Morgan fingerprint density at radius 1 is 1.25 bits per heavy atom. The van der Waals surface area contributed by atoms with Crippen LogP contribution in [-0.2, 0) is 11.2 Å². The molecule has 0 saturated carbocycles. The number of likely N-dealkylation sites (N-methyl/N-ethyl adjacent to an activating group) is 1. The highest BCUT2D eigenvalue weighted by molar-refractivity contribution is 6.08. The number of aromatic amines is 1. The highest BCUT2D eigenvalue weighted by Gasteiger charge is 2.10. The summed E-state index contributed by atoms with van der Waals surface area (Å²) in [6, 6.07) is 10.6. The third-order valence-corrected chi connectivity index (χ3v) is 4.00. The molecule has 0 bridgehead atoms. The molecule has 0 radical (unpaired) electrons. The third-order valence-electron chi connectivity index (χ3n) is 4.00. The second kappa shape index (κ2) is 7.84. The van der Waals surface area contributed by atoms with Gasteiger partial charge in [-0.2, -0.15) is 0 Å². The van der Waals surface area contributed by atoms with Gasteiger partial charge >= 0.3 is 0 Å². The van der Waals surface area contributed by atoms with E-state index in [1.165, 1.54) is 27.4 Å². The van der Waals surface area contributed by atoms with Crippen molar-refractivity contribution in [2.24, 2.45) is 0 Å². The number of rotatable bonds is 4. The number of ether oxygens (including phenoxy) is 1. The average Bonchev–Trinajstić information content (AvgIpc) is 2.92. The van der Waals surface area contributed by atoms with Gasteiger partial charge in [0, 0.05) is 28.7 Å². The van der Waals surface area contributed by atoms with E-state index in [0.717, 1.165) is 31.2 Å². The third kappa shape index (κ3) is 3.86. The van der Waals surface area contributed by atoms with Crippen LogP contribution < -0.4 is 10.1 Å². The molecule has 0 aliphatic rings. The highest BCUT2D eigenvalue weighted by atomic mass is 16.5. The molecule has 1 heterocycles. The van der Waals surface area contributed by atoms with E-state index in [4.69, 9.17) is 14.6 Å². The van der Waals surface area contributed by atoms with E-state index < -0.39 is 5.97 Å². The molecule has 128 valence electrons. The lowest BCUT2D eigenvalue weighted by Crippen LogP contribution is -2.11. The number of aliphatic carboxylic acids is 1. The molecule has 0 fully saturated rings. The summed E-state index contributed by atoms with van der Waals surface area (Å²) >= 11 is 0. The van der Waals surface area contributed by atoms with Gasteiger partial charge in [-0.25, -0.2) is 0 Å². The molecular weight excluding hydrogens is 304 g/mol. The normalized spacial score (nSPS) is 10.5. The molecule has 0 amide bonds. The first-order valence-electron chi connectivity index (χ1n) is 7.90. The number of carboxylic acid groups (broad SMARTS) is 1. The number of aryl methyl sites for hydroxylation is 1. The Kier molecular flexibility index (Phi) is 5.82. The Labute approximate surface area is 141 Å². The first kappa shape index (κ1) is 17.8. The van der Waals surface area contributed by atoms with Crippen LogP contribution in [-0.4, -0.2) is 36.8 Å². The first-order chi connectivity index (χ1) is 11.5. The van der Waals surface area contributed by atoms with Gasteiger partial charge in [0.25, 0.3) is 5.97 Å². The van der Waals surface area contributed by atoms with E-state index in [1.807, 2.05) is 13.1 Å². The fourth-order valence-corrected chi connectivity index (χ4v) is 2.79. The van der Waals surface area contributed by atoms with Crippen LogP contribution in [0.4, 0.5) is 0 Å². The number of carboxylic acids is 1. The van der Waals surface area contributed by atoms with Crippen molar-refractivity contribution in [3.8, 4) is 5.75 Å². The largest absolute Gasteiger partial charge is 0.497 e. The molecule has 3 N–H and O–H groups in total. The molecule has 0 atom stereocenters. The minimum absolute atomic E-state index is 0.833. The van der Waals surface area contributed by atoms with Gasteiger partial charge in [0.1, 0.15) is 5.75 Å². The molecule has 24 heavy (non-hydrogen) atoms. The van der Waals surface area contributed by atoms with Gasteiger partial charge in [-0.3, -0.25) is 4.79 Å². The number of benzene rings is 2. The van der Waals surface area contributed by atoms with Gasteiger partial charge in [-0.05, 0) is 56.3 Å². The van der Waals surface area contributed by atoms with E-state index in [1.54, 1.807) is 7.11 Å². The van der Waals surface area contributed by atoms with Gasteiger partial charge in [-0.1, -0.05) is 12.1 Å². The van der Waals surface area contributed by atoms with E-state index in [2.05, 4.69) is 41.5 Å². The zero-order valence-electron chi connectivity index (χ0n) is 14.6. The van der Waals surface area contributed by atoms with E-state index in [0.29, 0.717) is 0 Å². The Morgan fingerprint density at radius 3 is 2.58 bits per heavy atom. The number of H-pyrrole nitrogens is 1. The predicted molar refractivity (Wildman–Crippen MR) is 98.0 cm³/mol. The van der Waals surface area contributed by atoms with Gasteiger partial charge in [-0.15, -0.1) is 0 Å². The fourth-order valence-electron chi connectivity index (χ4n) is 2.79. The van der Waals surface area contributed by atoms with Crippen LogP contribution in [0.5, 0.6) is 5.75 Å². The Bertz CT molecular complexity index is 849. The minimum atomic E-state index is -0.833. The first-order valence-corrected chi connectivity index (χ1v) is 7.90. The quantitative estimate of drug-likeness (QED) is 0.685. The van der Waals surface area contributed by atoms with Crippen LogP contribution in [0.1, 0.15) is 18.1 Å². The zero-order valence-corrected chi connectivity index (χ0v) is 14.6. The van der Waals surface area contributed by atoms with Crippen molar-refractivity contribution >= 4 is 27.8 Å². The zero-order chi connectivity index (χ0) is 17.7. The Balaban J connectivity index is 0.000000471. The topological polar surface area (TPSA) is 74.4 Å². The Morgan fingerprint density at radius 2 is 1.96 bits per heavy atom. The number of carbonyl (C=O) groups is 1. The minimum Gasteiger partial charge on any atom is -0.497 e. The average molecular weight is 328 g/mol. The van der Waals surface area contributed by atoms with Crippen molar-refractivity contribution in [3.05, 3.63) is 41.5 Å². The molecule has 1 aromatic heterocycles. The van der Waals surface area contributed by atoms with E-state index >= 15 is 0 Å². The van der Waals surface area contributed by atoms with Gasteiger partial charge in [0.15, 0.2) is 0 Å². The number of fused-ring (bicyclic) bond motifs is 3. The lowest BCUT2D eigenvalue weighted by Gasteiger charge is -2.06. The van der Waals surface area contributed by atoms with Crippen molar-refractivity contribution in [2.45, 2.75) is 20.3 Å². The van der Waals surface area contributed by atoms with Crippen LogP contribution in [0.3, 0.4) is 0 Å². The smallest absolute Gasteiger partial charge is 0.300 e. The summed E-state index contributed by atoms with van der Waals surface area (Å²) in [7, 11) is 3.69. The van der Waals surface area contributed by atoms with Crippen LogP contribution in [0.15, 0.2) is 30.3 Å². The molecule has 0 saturated heterocycles.